The van der Waals surface area contributed by atoms with Crippen molar-refractivity contribution < 1.29 is 0 Å². The van der Waals surface area contributed by atoms with Gasteiger partial charge in [0.1, 0.15) is 0 Å². The van der Waals surface area contributed by atoms with Crippen molar-refractivity contribution in [1.29, 1.82) is 0 Å². The van der Waals surface area contributed by atoms with Crippen molar-refractivity contribution in [3.63, 3.8) is 0 Å². The highest BCUT2D eigenvalue weighted by Gasteiger charge is 2.02. The third-order valence-corrected chi connectivity index (χ3v) is 2.84. The lowest BCUT2D eigenvalue weighted by Gasteiger charge is -2.10. The first kappa shape index (κ1) is 12.5. The van der Waals surface area contributed by atoms with E-state index in [4.69, 9.17) is 11.5 Å². The fraction of sp³-hybridized carbons (Fsp3) is 0.214. The summed E-state index contributed by atoms with van der Waals surface area (Å²) in [6.45, 7) is 0.472. The Morgan fingerprint density at radius 3 is 2.44 bits per heavy atom. The van der Waals surface area contributed by atoms with Crippen molar-refractivity contribution in [1.82, 2.24) is 4.57 Å². The van der Waals surface area contributed by atoms with Crippen molar-refractivity contribution >= 4 is 0 Å². The molecular weight excluding hydrogens is 226 g/mol. The van der Waals surface area contributed by atoms with Gasteiger partial charge < -0.3 is 11.5 Å². The topological polar surface area (TPSA) is 74.0 Å². The minimum Gasteiger partial charge on any atom is -0.329 e. The van der Waals surface area contributed by atoms with Crippen LogP contribution in [0.5, 0.6) is 0 Å². The summed E-state index contributed by atoms with van der Waals surface area (Å²) in [5.74, 6) is 0. The van der Waals surface area contributed by atoms with Gasteiger partial charge in [-0.05, 0) is 30.2 Å². The first-order chi connectivity index (χ1) is 8.70. The lowest BCUT2D eigenvalue weighted by atomic mass is 10.1. The van der Waals surface area contributed by atoms with Crippen LogP contribution in [0.25, 0.3) is 5.69 Å². The maximum absolute atomic E-state index is 11.7. The van der Waals surface area contributed by atoms with Crippen LogP contribution < -0.4 is 17.0 Å². The molecule has 1 heterocycles. The van der Waals surface area contributed by atoms with Crippen LogP contribution in [0.4, 0.5) is 0 Å². The summed E-state index contributed by atoms with van der Waals surface area (Å²) in [5, 5.41) is 0. The number of aromatic nitrogens is 1. The van der Waals surface area contributed by atoms with Gasteiger partial charge in [0.15, 0.2) is 0 Å². The zero-order valence-corrected chi connectivity index (χ0v) is 10.1. The molecule has 0 bridgehead atoms. The minimum absolute atomic E-state index is 0.0182. The summed E-state index contributed by atoms with van der Waals surface area (Å²) in [6, 6.07) is 12.9. The normalized spacial score (nSPS) is 12.3. The predicted molar refractivity (Wildman–Crippen MR) is 72.8 cm³/mol. The average molecular weight is 243 g/mol. The summed E-state index contributed by atoms with van der Waals surface area (Å²) in [7, 11) is 0. The fourth-order valence-corrected chi connectivity index (χ4v) is 1.82. The van der Waals surface area contributed by atoms with E-state index in [9.17, 15) is 4.79 Å². The van der Waals surface area contributed by atoms with Gasteiger partial charge in [-0.25, -0.2) is 0 Å². The molecule has 0 saturated carbocycles. The van der Waals surface area contributed by atoms with Crippen LogP contribution in [0, 0.1) is 0 Å². The SMILES string of the molecule is NCC(N)Cc1ccc(-n2ccccc2=O)cc1. The van der Waals surface area contributed by atoms with Crippen molar-refractivity contribution in [3.05, 3.63) is 64.6 Å². The van der Waals surface area contributed by atoms with Crippen LogP contribution in [-0.4, -0.2) is 17.2 Å². The minimum atomic E-state index is -0.0380. The predicted octanol–water partition coefficient (Wildman–Crippen LogP) is 0.666. The van der Waals surface area contributed by atoms with E-state index in [0.717, 1.165) is 17.7 Å². The molecule has 0 radical (unpaired) electrons. The van der Waals surface area contributed by atoms with Gasteiger partial charge in [-0.1, -0.05) is 18.2 Å². The quantitative estimate of drug-likeness (QED) is 0.828. The average Bonchev–Trinajstić information content (AvgIpc) is 2.40. The Labute approximate surface area is 106 Å². The van der Waals surface area contributed by atoms with Crippen molar-refractivity contribution in [3.8, 4) is 5.69 Å². The van der Waals surface area contributed by atoms with Gasteiger partial charge in [-0.3, -0.25) is 9.36 Å². The Balaban J connectivity index is 2.23. The molecule has 0 aliphatic rings. The monoisotopic (exact) mass is 243 g/mol. The van der Waals surface area contributed by atoms with E-state index in [1.807, 2.05) is 30.3 Å². The fourth-order valence-electron chi connectivity index (χ4n) is 1.82. The summed E-state index contributed by atoms with van der Waals surface area (Å²) < 4.78 is 1.60. The molecule has 1 aromatic heterocycles. The molecule has 2 aromatic rings. The van der Waals surface area contributed by atoms with E-state index in [0.29, 0.717) is 6.54 Å². The van der Waals surface area contributed by atoms with Crippen molar-refractivity contribution in [2.75, 3.05) is 6.54 Å². The van der Waals surface area contributed by atoms with Gasteiger partial charge in [0.25, 0.3) is 5.56 Å². The Bertz CT molecular complexity index is 560. The second-order valence-corrected chi connectivity index (χ2v) is 4.28. The Kier molecular flexibility index (Phi) is 3.92. The van der Waals surface area contributed by atoms with E-state index in [-0.39, 0.29) is 11.6 Å². The zero-order valence-electron chi connectivity index (χ0n) is 10.1. The van der Waals surface area contributed by atoms with Crippen LogP contribution in [-0.2, 0) is 6.42 Å². The van der Waals surface area contributed by atoms with Crippen LogP contribution in [0.1, 0.15) is 5.56 Å². The number of pyridine rings is 1. The molecule has 0 saturated heterocycles. The molecule has 0 amide bonds. The second-order valence-electron chi connectivity index (χ2n) is 4.28. The molecule has 4 nitrogen and oxygen atoms in total. The van der Waals surface area contributed by atoms with E-state index >= 15 is 0 Å². The summed E-state index contributed by atoms with van der Waals surface area (Å²) in [6.07, 6.45) is 2.50. The van der Waals surface area contributed by atoms with Gasteiger partial charge in [0.2, 0.25) is 0 Å². The van der Waals surface area contributed by atoms with E-state index in [1.165, 1.54) is 6.07 Å². The molecule has 18 heavy (non-hydrogen) atoms. The second kappa shape index (κ2) is 5.62. The molecule has 0 spiro atoms. The van der Waals surface area contributed by atoms with Gasteiger partial charge in [-0.15, -0.1) is 0 Å². The Hall–Kier alpha value is -1.91. The summed E-state index contributed by atoms with van der Waals surface area (Å²) in [4.78, 5) is 11.7. The number of benzene rings is 1. The molecule has 4 N–H and O–H groups in total. The maximum atomic E-state index is 11.7. The Morgan fingerprint density at radius 2 is 1.83 bits per heavy atom. The molecule has 0 fully saturated rings. The highest BCUT2D eigenvalue weighted by Crippen LogP contribution is 2.09. The first-order valence-corrected chi connectivity index (χ1v) is 5.93. The molecule has 1 unspecified atom stereocenters. The summed E-state index contributed by atoms with van der Waals surface area (Å²) >= 11 is 0. The van der Waals surface area contributed by atoms with Gasteiger partial charge >= 0.3 is 0 Å². The van der Waals surface area contributed by atoms with Gasteiger partial charge in [0.05, 0.1) is 0 Å². The molecule has 4 heteroatoms. The molecule has 94 valence electrons. The first-order valence-electron chi connectivity index (χ1n) is 5.93. The van der Waals surface area contributed by atoms with Gasteiger partial charge in [-0.2, -0.15) is 0 Å². The highest BCUT2D eigenvalue weighted by molar-refractivity contribution is 5.35. The molecule has 0 aliphatic heterocycles. The lowest BCUT2D eigenvalue weighted by molar-refractivity contribution is 0.678. The number of hydrogen-bond acceptors (Lipinski definition) is 3. The van der Waals surface area contributed by atoms with Gasteiger partial charge in [0, 0.05) is 30.5 Å². The van der Waals surface area contributed by atoms with Crippen molar-refractivity contribution in [2.45, 2.75) is 12.5 Å². The third kappa shape index (κ3) is 2.85. The van der Waals surface area contributed by atoms with E-state index < -0.39 is 0 Å². The summed E-state index contributed by atoms with van der Waals surface area (Å²) in [5.41, 5.74) is 13.2. The maximum Gasteiger partial charge on any atom is 0.255 e. The number of nitrogens with zero attached hydrogens (tertiary/aromatic N) is 1. The lowest BCUT2D eigenvalue weighted by Crippen LogP contribution is -2.31. The standard InChI is InChI=1S/C14H17N3O/c15-10-12(16)9-11-4-6-13(7-5-11)17-8-2-1-3-14(17)18/h1-8,12H,9-10,15-16H2. The van der Waals surface area contributed by atoms with E-state index in [1.54, 1.807) is 16.8 Å². The molecule has 2 rings (SSSR count). The van der Waals surface area contributed by atoms with E-state index in [2.05, 4.69) is 0 Å². The molecule has 1 aromatic carbocycles. The van der Waals surface area contributed by atoms with Crippen LogP contribution in [0.2, 0.25) is 0 Å². The number of rotatable bonds is 4. The van der Waals surface area contributed by atoms with Crippen LogP contribution in [0.3, 0.4) is 0 Å². The Morgan fingerprint density at radius 1 is 1.11 bits per heavy atom. The third-order valence-electron chi connectivity index (χ3n) is 2.84. The van der Waals surface area contributed by atoms with Crippen molar-refractivity contribution in [2.24, 2.45) is 11.5 Å². The molecular formula is C14H17N3O. The largest absolute Gasteiger partial charge is 0.329 e. The van der Waals surface area contributed by atoms with Crippen LogP contribution >= 0.6 is 0 Å². The number of nitrogens with two attached hydrogens (primary N) is 2. The highest BCUT2D eigenvalue weighted by atomic mass is 16.1. The molecule has 1 atom stereocenters. The van der Waals surface area contributed by atoms with Crippen LogP contribution in [0.15, 0.2) is 53.5 Å². The smallest absolute Gasteiger partial charge is 0.255 e. The number of hydrogen-bond donors (Lipinski definition) is 2. The molecule has 0 aliphatic carbocycles. The zero-order chi connectivity index (χ0) is 13.0.